The summed E-state index contributed by atoms with van der Waals surface area (Å²) in [4.78, 5) is 21.5. The first-order valence-electron chi connectivity index (χ1n) is 8.54. The van der Waals surface area contributed by atoms with E-state index in [2.05, 4.69) is 21.4 Å². The predicted molar refractivity (Wildman–Crippen MR) is 108 cm³/mol. The summed E-state index contributed by atoms with van der Waals surface area (Å²) in [6.45, 7) is 0.557. The van der Waals surface area contributed by atoms with Crippen molar-refractivity contribution in [2.45, 2.75) is 12.8 Å². The Kier molecular flexibility index (Phi) is 5.22. The standard InChI is InChI=1S/C20H16FN3OS2/c21-14-7-2-1-6-13(14)20-23-12-17(27-20)19(25)22-11-5-10-18-24-15-8-3-4-9-16(15)26-18/h1-4,6-9,12H,5,10-11H2,(H,22,25). The first-order chi connectivity index (χ1) is 13.2. The predicted octanol–water partition coefficient (Wildman–Crippen LogP) is 4.92. The van der Waals surface area contributed by atoms with Crippen LogP contribution in [0, 0.1) is 5.82 Å². The van der Waals surface area contributed by atoms with Gasteiger partial charge in [0.15, 0.2) is 0 Å². The van der Waals surface area contributed by atoms with Gasteiger partial charge in [0.25, 0.3) is 5.91 Å². The first-order valence-corrected chi connectivity index (χ1v) is 10.2. The largest absolute Gasteiger partial charge is 0.351 e. The number of hydrogen-bond acceptors (Lipinski definition) is 5. The van der Waals surface area contributed by atoms with Gasteiger partial charge in [-0.2, -0.15) is 0 Å². The third-order valence-corrected chi connectivity index (χ3v) is 6.15. The monoisotopic (exact) mass is 397 g/mol. The molecule has 27 heavy (non-hydrogen) atoms. The lowest BCUT2D eigenvalue weighted by atomic mass is 10.2. The average Bonchev–Trinajstić information content (AvgIpc) is 3.32. The molecule has 7 heteroatoms. The highest BCUT2D eigenvalue weighted by molar-refractivity contribution is 7.18. The van der Waals surface area contributed by atoms with Crippen LogP contribution in [0.2, 0.25) is 0 Å². The number of thiazole rings is 2. The van der Waals surface area contributed by atoms with Gasteiger partial charge in [-0.15, -0.1) is 22.7 Å². The molecule has 0 unspecified atom stereocenters. The number of aryl methyl sites for hydroxylation is 1. The number of halogens is 1. The Labute approximate surface area is 163 Å². The van der Waals surface area contributed by atoms with Crippen molar-refractivity contribution in [2.75, 3.05) is 6.54 Å². The lowest BCUT2D eigenvalue weighted by Crippen LogP contribution is -2.23. The molecule has 2 aromatic heterocycles. The summed E-state index contributed by atoms with van der Waals surface area (Å²) in [6.07, 6.45) is 3.13. The normalized spacial score (nSPS) is 11.0. The molecule has 2 aromatic carbocycles. The second-order valence-corrected chi connectivity index (χ2v) is 8.09. The van der Waals surface area contributed by atoms with Crippen LogP contribution in [-0.4, -0.2) is 22.4 Å². The Morgan fingerprint density at radius 3 is 2.74 bits per heavy atom. The molecule has 136 valence electrons. The molecular weight excluding hydrogens is 381 g/mol. The number of hydrogen-bond donors (Lipinski definition) is 1. The maximum Gasteiger partial charge on any atom is 0.263 e. The van der Waals surface area contributed by atoms with E-state index in [9.17, 15) is 9.18 Å². The molecule has 0 saturated heterocycles. The minimum absolute atomic E-state index is 0.181. The quantitative estimate of drug-likeness (QED) is 0.470. The molecule has 0 radical (unpaired) electrons. The summed E-state index contributed by atoms with van der Waals surface area (Å²) >= 11 is 2.88. The molecule has 0 aliphatic carbocycles. The Morgan fingerprint density at radius 2 is 1.89 bits per heavy atom. The molecule has 0 aliphatic heterocycles. The van der Waals surface area contributed by atoms with Crippen molar-refractivity contribution in [3.8, 4) is 10.6 Å². The van der Waals surface area contributed by atoms with E-state index in [0.717, 1.165) is 23.4 Å². The van der Waals surface area contributed by atoms with Gasteiger partial charge in [-0.05, 0) is 30.7 Å². The highest BCUT2D eigenvalue weighted by atomic mass is 32.1. The van der Waals surface area contributed by atoms with E-state index in [0.29, 0.717) is 22.0 Å². The zero-order chi connectivity index (χ0) is 18.6. The van der Waals surface area contributed by atoms with Gasteiger partial charge in [0.05, 0.1) is 21.4 Å². The lowest BCUT2D eigenvalue weighted by molar-refractivity contribution is 0.0957. The van der Waals surface area contributed by atoms with Gasteiger partial charge in [-0.1, -0.05) is 24.3 Å². The van der Waals surface area contributed by atoms with E-state index in [1.165, 1.54) is 28.3 Å². The number of amides is 1. The van der Waals surface area contributed by atoms with E-state index >= 15 is 0 Å². The molecule has 4 nitrogen and oxygen atoms in total. The van der Waals surface area contributed by atoms with Crippen LogP contribution in [0.5, 0.6) is 0 Å². The molecule has 0 fully saturated rings. The maximum absolute atomic E-state index is 13.8. The van der Waals surface area contributed by atoms with Crippen molar-refractivity contribution in [1.29, 1.82) is 0 Å². The number of para-hydroxylation sites is 1. The summed E-state index contributed by atoms with van der Waals surface area (Å²) < 4.78 is 15.0. The van der Waals surface area contributed by atoms with Crippen LogP contribution in [-0.2, 0) is 6.42 Å². The SMILES string of the molecule is O=C(NCCCc1nc2ccccc2s1)c1cnc(-c2ccccc2F)s1. The highest BCUT2D eigenvalue weighted by Gasteiger charge is 2.13. The molecule has 0 spiro atoms. The third kappa shape index (κ3) is 4.04. The molecule has 0 saturated carbocycles. The molecular formula is C20H16FN3OS2. The summed E-state index contributed by atoms with van der Waals surface area (Å²) in [5.41, 5.74) is 1.43. The topological polar surface area (TPSA) is 54.9 Å². The Balaban J connectivity index is 1.31. The van der Waals surface area contributed by atoms with E-state index in [4.69, 9.17) is 0 Å². The van der Waals surface area contributed by atoms with Crippen LogP contribution in [0.3, 0.4) is 0 Å². The maximum atomic E-state index is 13.8. The fourth-order valence-electron chi connectivity index (χ4n) is 2.69. The molecule has 4 aromatic rings. The fraction of sp³-hybridized carbons (Fsp3) is 0.150. The summed E-state index contributed by atoms with van der Waals surface area (Å²) in [7, 11) is 0. The number of rotatable bonds is 6. The van der Waals surface area contributed by atoms with Crippen LogP contribution in [0.4, 0.5) is 4.39 Å². The van der Waals surface area contributed by atoms with Crippen molar-refractivity contribution < 1.29 is 9.18 Å². The number of nitrogens with one attached hydrogen (secondary N) is 1. The smallest absolute Gasteiger partial charge is 0.263 e. The van der Waals surface area contributed by atoms with Crippen molar-refractivity contribution in [3.05, 3.63) is 70.4 Å². The molecule has 1 amide bonds. The van der Waals surface area contributed by atoms with E-state index in [1.54, 1.807) is 29.5 Å². The van der Waals surface area contributed by atoms with Crippen LogP contribution >= 0.6 is 22.7 Å². The first kappa shape index (κ1) is 17.8. The number of carbonyl (C=O) groups is 1. The number of carbonyl (C=O) groups excluding carboxylic acids is 1. The zero-order valence-electron chi connectivity index (χ0n) is 14.3. The average molecular weight is 398 g/mol. The molecule has 0 aliphatic rings. The molecule has 1 N–H and O–H groups in total. The summed E-state index contributed by atoms with van der Waals surface area (Å²) in [5.74, 6) is -0.519. The minimum Gasteiger partial charge on any atom is -0.351 e. The number of benzene rings is 2. The van der Waals surface area contributed by atoms with Gasteiger partial charge in [0.1, 0.15) is 15.7 Å². The second kappa shape index (κ2) is 7.94. The van der Waals surface area contributed by atoms with Crippen LogP contribution in [0.1, 0.15) is 21.1 Å². The van der Waals surface area contributed by atoms with Gasteiger partial charge in [-0.25, -0.2) is 14.4 Å². The zero-order valence-corrected chi connectivity index (χ0v) is 15.9. The van der Waals surface area contributed by atoms with Gasteiger partial charge < -0.3 is 5.32 Å². The van der Waals surface area contributed by atoms with Gasteiger partial charge in [0, 0.05) is 18.5 Å². The summed E-state index contributed by atoms with van der Waals surface area (Å²) in [6, 6.07) is 14.5. The van der Waals surface area contributed by atoms with Crippen molar-refractivity contribution in [1.82, 2.24) is 15.3 Å². The number of nitrogens with zero attached hydrogens (tertiary/aromatic N) is 2. The van der Waals surface area contributed by atoms with Crippen molar-refractivity contribution >= 4 is 38.8 Å². The number of aromatic nitrogens is 2. The lowest BCUT2D eigenvalue weighted by Gasteiger charge is -2.02. The number of fused-ring (bicyclic) bond motifs is 1. The minimum atomic E-state index is -0.338. The molecule has 0 bridgehead atoms. The Morgan fingerprint density at radius 1 is 1.07 bits per heavy atom. The second-order valence-electron chi connectivity index (χ2n) is 5.94. The Bertz CT molecular complexity index is 1060. The molecule has 2 heterocycles. The van der Waals surface area contributed by atoms with E-state index in [-0.39, 0.29) is 11.7 Å². The van der Waals surface area contributed by atoms with Crippen LogP contribution in [0.15, 0.2) is 54.7 Å². The Hall–Kier alpha value is -2.64. The van der Waals surface area contributed by atoms with Crippen molar-refractivity contribution in [3.63, 3.8) is 0 Å². The van der Waals surface area contributed by atoms with Crippen LogP contribution in [0.25, 0.3) is 20.8 Å². The van der Waals surface area contributed by atoms with Crippen molar-refractivity contribution in [2.24, 2.45) is 0 Å². The summed E-state index contributed by atoms with van der Waals surface area (Å²) in [5, 5.41) is 4.48. The molecule has 0 atom stereocenters. The van der Waals surface area contributed by atoms with Crippen LogP contribution < -0.4 is 5.32 Å². The van der Waals surface area contributed by atoms with E-state index < -0.39 is 0 Å². The van der Waals surface area contributed by atoms with Gasteiger partial charge in [0.2, 0.25) is 0 Å². The van der Waals surface area contributed by atoms with Gasteiger partial charge >= 0.3 is 0 Å². The molecule has 4 rings (SSSR count). The third-order valence-electron chi connectivity index (χ3n) is 4.02. The van der Waals surface area contributed by atoms with Gasteiger partial charge in [-0.3, -0.25) is 4.79 Å². The highest BCUT2D eigenvalue weighted by Crippen LogP contribution is 2.27. The van der Waals surface area contributed by atoms with E-state index in [1.807, 2.05) is 18.2 Å². The fourth-order valence-corrected chi connectivity index (χ4v) is 4.56.